The van der Waals surface area contributed by atoms with Crippen LogP contribution in [0.2, 0.25) is 0 Å². The molecule has 0 amide bonds. The number of rotatable bonds is 6. The molecule has 15 heavy (non-hydrogen) atoms. The summed E-state index contributed by atoms with van der Waals surface area (Å²) in [6, 6.07) is 0. The van der Waals surface area contributed by atoms with Crippen molar-refractivity contribution in [1.29, 1.82) is 0 Å². The minimum absolute atomic E-state index is 0.630. The van der Waals surface area contributed by atoms with Crippen LogP contribution < -0.4 is 5.73 Å². The van der Waals surface area contributed by atoms with Crippen molar-refractivity contribution in [2.75, 3.05) is 0 Å². The molecule has 0 aliphatic heterocycles. The van der Waals surface area contributed by atoms with Gasteiger partial charge in [0.15, 0.2) is 0 Å². The highest BCUT2D eigenvalue weighted by molar-refractivity contribution is 5.13. The van der Waals surface area contributed by atoms with Gasteiger partial charge in [0, 0.05) is 5.70 Å². The zero-order valence-electron chi connectivity index (χ0n) is 11.1. The molecule has 0 radical (unpaired) electrons. The van der Waals surface area contributed by atoms with E-state index in [9.17, 15) is 0 Å². The van der Waals surface area contributed by atoms with Crippen LogP contribution in [-0.4, -0.2) is 0 Å². The van der Waals surface area contributed by atoms with Crippen molar-refractivity contribution in [1.82, 2.24) is 0 Å². The fourth-order valence-electron chi connectivity index (χ4n) is 1.92. The molecule has 0 aromatic carbocycles. The molecule has 0 saturated heterocycles. The van der Waals surface area contributed by atoms with Crippen molar-refractivity contribution in [2.24, 2.45) is 11.7 Å². The molecular formula is C14H27N. The third kappa shape index (κ3) is 5.66. The smallest absolute Gasteiger partial charge is 0.00722 e. The molecule has 0 spiro atoms. The second-order valence-corrected chi connectivity index (χ2v) is 4.52. The zero-order valence-corrected chi connectivity index (χ0v) is 11.1. The summed E-state index contributed by atoms with van der Waals surface area (Å²) in [5.74, 6) is 0.630. The summed E-state index contributed by atoms with van der Waals surface area (Å²) in [6.07, 6.45) is 6.77. The molecule has 1 unspecified atom stereocenters. The van der Waals surface area contributed by atoms with Crippen LogP contribution in [0.25, 0.3) is 0 Å². The van der Waals surface area contributed by atoms with Crippen LogP contribution in [0.5, 0.6) is 0 Å². The van der Waals surface area contributed by atoms with E-state index in [1.54, 1.807) is 0 Å². The van der Waals surface area contributed by atoms with Crippen molar-refractivity contribution in [2.45, 2.75) is 60.3 Å². The number of allylic oxidation sites excluding steroid dienone is 4. The summed E-state index contributed by atoms with van der Waals surface area (Å²) in [6.45, 7) is 10.9. The van der Waals surface area contributed by atoms with Gasteiger partial charge in [-0.25, -0.2) is 0 Å². The Labute approximate surface area is 95.4 Å². The van der Waals surface area contributed by atoms with Crippen LogP contribution in [0.4, 0.5) is 0 Å². The maximum absolute atomic E-state index is 6.02. The monoisotopic (exact) mass is 209 g/mol. The van der Waals surface area contributed by atoms with Crippen molar-refractivity contribution >= 4 is 0 Å². The molecule has 0 rings (SSSR count). The van der Waals surface area contributed by atoms with E-state index in [2.05, 4.69) is 40.7 Å². The minimum Gasteiger partial charge on any atom is -0.402 e. The van der Waals surface area contributed by atoms with Crippen molar-refractivity contribution in [3.63, 3.8) is 0 Å². The highest BCUT2D eigenvalue weighted by Crippen LogP contribution is 2.22. The van der Waals surface area contributed by atoms with Gasteiger partial charge in [0.1, 0.15) is 0 Å². The third-order valence-corrected chi connectivity index (χ3v) is 2.92. The summed E-state index contributed by atoms with van der Waals surface area (Å²) in [4.78, 5) is 0. The first kappa shape index (κ1) is 14.3. The maximum Gasteiger partial charge on any atom is 0.00722 e. The molecule has 0 aromatic heterocycles. The molecule has 0 fully saturated rings. The van der Waals surface area contributed by atoms with E-state index in [1.807, 2.05) is 0 Å². The van der Waals surface area contributed by atoms with E-state index < -0.39 is 0 Å². The van der Waals surface area contributed by atoms with Gasteiger partial charge in [0.2, 0.25) is 0 Å². The van der Waals surface area contributed by atoms with Gasteiger partial charge in [-0.05, 0) is 51.0 Å². The van der Waals surface area contributed by atoms with Crippen LogP contribution >= 0.6 is 0 Å². The number of hydrogen-bond acceptors (Lipinski definition) is 1. The predicted molar refractivity (Wildman–Crippen MR) is 69.6 cm³/mol. The van der Waals surface area contributed by atoms with E-state index in [0.29, 0.717) is 5.92 Å². The molecule has 0 aliphatic carbocycles. The summed E-state index contributed by atoms with van der Waals surface area (Å²) in [5.41, 5.74) is 9.99. The van der Waals surface area contributed by atoms with Crippen LogP contribution in [-0.2, 0) is 0 Å². The van der Waals surface area contributed by atoms with Gasteiger partial charge in [-0.1, -0.05) is 32.4 Å². The van der Waals surface area contributed by atoms with Gasteiger partial charge in [-0.15, -0.1) is 0 Å². The maximum atomic E-state index is 6.02. The summed E-state index contributed by atoms with van der Waals surface area (Å²) in [7, 11) is 0. The third-order valence-electron chi connectivity index (χ3n) is 2.92. The molecule has 0 saturated carbocycles. The minimum atomic E-state index is 0.630. The summed E-state index contributed by atoms with van der Waals surface area (Å²) < 4.78 is 0. The van der Waals surface area contributed by atoms with E-state index in [1.165, 1.54) is 24.0 Å². The van der Waals surface area contributed by atoms with Gasteiger partial charge in [-0.2, -0.15) is 0 Å². The van der Waals surface area contributed by atoms with Gasteiger partial charge >= 0.3 is 0 Å². The van der Waals surface area contributed by atoms with E-state index in [4.69, 9.17) is 5.73 Å². The Bertz CT molecular complexity index is 232. The standard InChI is InChI=1S/C14H27N/c1-6-13(14(15)7-2)12(5)10-8-9-11(3)4/h9,12H,6-8,10,15H2,1-5H3. The predicted octanol–water partition coefficient (Wildman–Crippen LogP) is 4.40. The van der Waals surface area contributed by atoms with Gasteiger partial charge in [0.25, 0.3) is 0 Å². The molecule has 0 aromatic rings. The highest BCUT2D eigenvalue weighted by Gasteiger charge is 2.09. The Balaban J connectivity index is 4.29. The molecule has 0 heterocycles. The SMILES string of the molecule is CCC(N)=C(CC)C(C)CCC=C(C)C. The summed E-state index contributed by atoms with van der Waals surface area (Å²) in [5, 5.41) is 0. The Kier molecular flexibility index (Phi) is 7.19. The Morgan fingerprint density at radius 2 is 1.80 bits per heavy atom. The van der Waals surface area contributed by atoms with Crippen LogP contribution in [0.15, 0.2) is 22.9 Å². The lowest BCUT2D eigenvalue weighted by Gasteiger charge is -2.16. The van der Waals surface area contributed by atoms with Crippen LogP contribution in [0.1, 0.15) is 60.3 Å². The molecule has 2 N–H and O–H groups in total. The van der Waals surface area contributed by atoms with E-state index in [-0.39, 0.29) is 0 Å². The van der Waals surface area contributed by atoms with E-state index in [0.717, 1.165) is 18.5 Å². The second-order valence-electron chi connectivity index (χ2n) is 4.52. The zero-order chi connectivity index (χ0) is 11.8. The average molecular weight is 209 g/mol. The molecule has 1 atom stereocenters. The van der Waals surface area contributed by atoms with Gasteiger partial charge < -0.3 is 5.73 Å². The quantitative estimate of drug-likeness (QED) is 0.645. The molecule has 1 heteroatoms. The Morgan fingerprint density at radius 3 is 2.20 bits per heavy atom. The van der Waals surface area contributed by atoms with Gasteiger partial charge in [-0.3, -0.25) is 0 Å². The summed E-state index contributed by atoms with van der Waals surface area (Å²) >= 11 is 0. The Hall–Kier alpha value is -0.720. The fraction of sp³-hybridized carbons (Fsp3) is 0.714. The van der Waals surface area contributed by atoms with E-state index >= 15 is 0 Å². The normalized spacial score (nSPS) is 14.5. The Morgan fingerprint density at radius 1 is 1.20 bits per heavy atom. The van der Waals surface area contributed by atoms with Crippen LogP contribution in [0, 0.1) is 5.92 Å². The lowest BCUT2D eigenvalue weighted by atomic mass is 9.91. The lowest BCUT2D eigenvalue weighted by Crippen LogP contribution is -2.08. The molecule has 0 aliphatic rings. The highest BCUT2D eigenvalue weighted by atomic mass is 14.6. The molecule has 0 bridgehead atoms. The topological polar surface area (TPSA) is 26.0 Å². The van der Waals surface area contributed by atoms with Crippen molar-refractivity contribution in [3.8, 4) is 0 Å². The first-order valence-corrected chi connectivity index (χ1v) is 6.13. The number of nitrogens with two attached hydrogens (primary N) is 1. The molecule has 1 nitrogen and oxygen atoms in total. The lowest BCUT2D eigenvalue weighted by molar-refractivity contribution is 0.591. The first-order valence-electron chi connectivity index (χ1n) is 6.13. The largest absolute Gasteiger partial charge is 0.402 e. The van der Waals surface area contributed by atoms with Gasteiger partial charge in [0.05, 0.1) is 0 Å². The second kappa shape index (κ2) is 7.56. The fourth-order valence-corrected chi connectivity index (χ4v) is 1.92. The number of hydrogen-bond donors (Lipinski definition) is 1. The van der Waals surface area contributed by atoms with Crippen molar-refractivity contribution < 1.29 is 0 Å². The molecule has 88 valence electrons. The van der Waals surface area contributed by atoms with Crippen LogP contribution in [0.3, 0.4) is 0 Å². The van der Waals surface area contributed by atoms with Crippen molar-refractivity contribution in [3.05, 3.63) is 22.9 Å². The molecular weight excluding hydrogens is 182 g/mol. The average Bonchev–Trinajstić information content (AvgIpc) is 2.18. The first-order chi connectivity index (χ1) is 7.02.